The fourth-order valence-electron chi connectivity index (χ4n) is 2.64. The van der Waals surface area contributed by atoms with E-state index in [1.54, 1.807) is 12.4 Å². The molecule has 0 bridgehead atoms. The fourth-order valence-corrected chi connectivity index (χ4v) is 3.10. The predicted octanol–water partition coefficient (Wildman–Crippen LogP) is 5.19. The topological polar surface area (TPSA) is 17.8 Å². The van der Waals surface area contributed by atoms with Gasteiger partial charge >= 0.3 is 0 Å². The van der Waals surface area contributed by atoms with Crippen LogP contribution in [0.15, 0.2) is 83.7 Å². The van der Waals surface area contributed by atoms with Crippen LogP contribution in [0.3, 0.4) is 0 Å². The Balaban J connectivity index is 1.83. The summed E-state index contributed by atoms with van der Waals surface area (Å²) in [5.74, 6) is 6.41. The highest BCUT2D eigenvalue weighted by Gasteiger charge is 2.06. The molecule has 3 heteroatoms. The Morgan fingerprint density at radius 3 is 2.58 bits per heavy atom. The molecule has 2 heterocycles. The molecule has 24 heavy (non-hydrogen) atoms. The third-order valence-electron chi connectivity index (χ3n) is 3.82. The number of nitrogens with zero attached hydrogens (tertiary/aromatic N) is 2. The van der Waals surface area contributed by atoms with Gasteiger partial charge in [-0.3, -0.25) is 4.98 Å². The summed E-state index contributed by atoms with van der Waals surface area (Å²) in [5.41, 5.74) is 4.14. The third kappa shape index (κ3) is 2.84. The summed E-state index contributed by atoms with van der Waals surface area (Å²) in [7, 11) is 0. The Morgan fingerprint density at radius 2 is 1.79 bits per heavy atom. The summed E-state index contributed by atoms with van der Waals surface area (Å²) >= 11 is 3.63. The van der Waals surface area contributed by atoms with Crippen LogP contribution in [-0.4, -0.2) is 9.55 Å². The number of benzene rings is 2. The first-order valence-corrected chi connectivity index (χ1v) is 8.39. The minimum absolute atomic E-state index is 0.905. The zero-order chi connectivity index (χ0) is 16.4. The minimum atomic E-state index is 0.905. The van der Waals surface area contributed by atoms with Crippen LogP contribution in [0, 0.1) is 11.8 Å². The van der Waals surface area contributed by atoms with Crippen LogP contribution >= 0.6 is 15.9 Å². The van der Waals surface area contributed by atoms with Crippen molar-refractivity contribution in [1.29, 1.82) is 0 Å². The smallest absolute Gasteiger partial charge is 0.0541 e. The summed E-state index contributed by atoms with van der Waals surface area (Å²) in [4.78, 5) is 4.10. The number of halogens is 1. The lowest BCUT2D eigenvalue weighted by Crippen LogP contribution is -1.91. The summed E-state index contributed by atoms with van der Waals surface area (Å²) in [6.45, 7) is 0. The molecule has 0 spiro atoms. The largest absolute Gasteiger partial charge is 0.317 e. The lowest BCUT2D eigenvalue weighted by molar-refractivity contribution is 1.13. The lowest BCUT2D eigenvalue weighted by Gasteiger charge is -2.06. The van der Waals surface area contributed by atoms with E-state index in [4.69, 9.17) is 0 Å². The van der Waals surface area contributed by atoms with Gasteiger partial charge in [0, 0.05) is 45.3 Å². The lowest BCUT2D eigenvalue weighted by atomic mass is 10.1. The van der Waals surface area contributed by atoms with Crippen molar-refractivity contribution in [1.82, 2.24) is 9.55 Å². The van der Waals surface area contributed by atoms with Gasteiger partial charge in [-0.1, -0.05) is 30.0 Å². The first kappa shape index (κ1) is 14.7. The highest BCUT2D eigenvalue weighted by atomic mass is 79.9. The van der Waals surface area contributed by atoms with Crippen LogP contribution in [0.5, 0.6) is 0 Å². The van der Waals surface area contributed by atoms with Gasteiger partial charge in [-0.25, -0.2) is 0 Å². The molecule has 0 amide bonds. The molecule has 0 aliphatic heterocycles. The number of rotatable bonds is 1. The normalized spacial score (nSPS) is 10.4. The van der Waals surface area contributed by atoms with Gasteiger partial charge in [-0.2, -0.15) is 0 Å². The van der Waals surface area contributed by atoms with Crippen molar-refractivity contribution in [2.24, 2.45) is 0 Å². The molecule has 0 unspecified atom stereocenters. The molecule has 4 rings (SSSR count). The Labute approximate surface area is 148 Å². The van der Waals surface area contributed by atoms with E-state index in [2.05, 4.69) is 73.9 Å². The van der Waals surface area contributed by atoms with Crippen LogP contribution in [0.4, 0.5) is 0 Å². The van der Waals surface area contributed by atoms with Gasteiger partial charge in [0.15, 0.2) is 0 Å². The maximum Gasteiger partial charge on any atom is 0.0541 e. The SMILES string of the molecule is Brc1cc2ccn(-c3ccccc3)c2cc1C#Cc1cccnc1. The van der Waals surface area contributed by atoms with E-state index >= 15 is 0 Å². The van der Waals surface area contributed by atoms with Gasteiger partial charge < -0.3 is 4.57 Å². The first-order valence-electron chi connectivity index (χ1n) is 7.59. The van der Waals surface area contributed by atoms with Crippen molar-refractivity contribution in [3.8, 4) is 17.5 Å². The van der Waals surface area contributed by atoms with Gasteiger partial charge in [-0.15, -0.1) is 0 Å². The number of para-hydroxylation sites is 1. The molecule has 2 nitrogen and oxygen atoms in total. The molecule has 0 N–H and O–H groups in total. The third-order valence-corrected chi connectivity index (χ3v) is 4.47. The van der Waals surface area contributed by atoms with Gasteiger partial charge in [0.25, 0.3) is 0 Å². The molecule has 0 atom stereocenters. The van der Waals surface area contributed by atoms with Crippen LogP contribution in [0.1, 0.15) is 11.1 Å². The zero-order valence-electron chi connectivity index (χ0n) is 12.8. The van der Waals surface area contributed by atoms with E-state index in [9.17, 15) is 0 Å². The number of pyridine rings is 1. The second-order valence-corrected chi connectivity index (χ2v) is 6.26. The molecule has 0 fully saturated rings. The highest BCUT2D eigenvalue weighted by molar-refractivity contribution is 9.10. The second-order valence-electron chi connectivity index (χ2n) is 5.40. The number of fused-ring (bicyclic) bond motifs is 1. The van der Waals surface area contributed by atoms with Crippen LogP contribution in [-0.2, 0) is 0 Å². The molecule has 2 aromatic carbocycles. The Hall–Kier alpha value is -2.83. The Morgan fingerprint density at radius 1 is 0.917 bits per heavy atom. The van der Waals surface area contributed by atoms with Gasteiger partial charge in [0.1, 0.15) is 0 Å². The van der Waals surface area contributed by atoms with E-state index in [0.717, 1.165) is 26.8 Å². The first-order chi connectivity index (χ1) is 11.8. The van der Waals surface area contributed by atoms with E-state index in [1.165, 1.54) is 5.39 Å². The van der Waals surface area contributed by atoms with Crippen molar-refractivity contribution < 1.29 is 0 Å². The van der Waals surface area contributed by atoms with Crippen molar-refractivity contribution in [3.63, 3.8) is 0 Å². The quantitative estimate of drug-likeness (QED) is 0.420. The standard InChI is InChI=1S/C21H13BrN2/c22-20-13-18-10-12-24(19-6-2-1-3-7-19)21(18)14-17(20)9-8-16-5-4-11-23-15-16/h1-7,10-15H. The van der Waals surface area contributed by atoms with E-state index in [1.807, 2.05) is 30.3 Å². The monoisotopic (exact) mass is 372 g/mol. The van der Waals surface area contributed by atoms with Gasteiger partial charge in [-0.05, 0) is 58.4 Å². The summed E-state index contributed by atoms with van der Waals surface area (Å²) in [6.07, 6.45) is 5.61. The number of hydrogen-bond acceptors (Lipinski definition) is 1. The molecule has 0 saturated heterocycles. The van der Waals surface area contributed by atoms with E-state index in [-0.39, 0.29) is 0 Å². The Bertz CT molecular complexity index is 1050. The number of hydrogen-bond donors (Lipinski definition) is 0. The number of aromatic nitrogens is 2. The highest BCUT2D eigenvalue weighted by Crippen LogP contribution is 2.27. The molecule has 2 aromatic heterocycles. The molecule has 0 aliphatic rings. The molecule has 4 aromatic rings. The van der Waals surface area contributed by atoms with Crippen molar-refractivity contribution in [3.05, 3.63) is 94.9 Å². The average molecular weight is 373 g/mol. The Kier molecular flexibility index (Phi) is 3.90. The van der Waals surface area contributed by atoms with Crippen LogP contribution in [0.25, 0.3) is 16.6 Å². The fraction of sp³-hybridized carbons (Fsp3) is 0. The summed E-state index contributed by atoms with van der Waals surface area (Å²) in [6, 6.07) is 20.5. The maximum atomic E-state index is 4.10. The molecule has 0 saturated carbocycles. The summed E-state index contributed by atoms with van der Waals surface area (Å²) in [5, 5.41) is 1.18. The maximum absolute atomic E-state index is 4.10. The van der Waals surface area contributed by atoms with Gasteiger partial charge in [0.05, 0.1) is 5.52 Å². The summed E-state index contributed by atoms with van der Waals surface area (Å²) < 4.78 is 3.18. The van der Waals surface area contributed by atoms with Crippen molar-refractivity contribution in [2.45, 2.75) is 0 Å². The molecule has 114 valence electrons. The van der Waals surface area contributed by atoms with E-state index in [0.29, 0.717) is 0 Å². The average Bonchev–Trinajstić information content (AvgIpc) is 3.04. The zero-order valence-corrected chi connectivity index (χ0v) is 14.4. The van der Waals surface area contributed by atoms with Crippen LogP contribution in [0.2, 0.25) is 0 Å². The molecule has 0 radical (unpaired) electrons. The van der Waals surface area contributed by atoms with Crippen molar-refractivity contribution >= 4 is 26.8 Å². The van der Waals surface area contributed by atoms with Crippen molar-refractivity contribution in [2.75, 3.05) is 0 Å². The molecule has 0 aliphatic carbocycles. The molecular formula is C21H13BrN2. The van der Waals surface area contributed by atoms with Gasteiger partial charge in [0.2, 0.25) is 0 Å². The van der Waals surface area contributed by atoms with E-state index < -0.39 is 0 Å². The minimum Gasteiger partial charge on any atom is -0.317 e. The second kappa shape index (κ2) is 6.35. The molecular weight excluding hydrogens is 360 g/mol. The predicted molar refractivity (Wildman–Crippen MR) is 101 cm³/mol. The van der Waals surface area contributed by atoms with Crippen LogP contribution < -0.4 is 0 Å².